The van der Waals surface area contributed by atoms with E-state index in [1.165, 1.54) is 6.07 Å². The van der Waals surface area contributed by atoms with E-state index in [-0.39, 0.29) is 30.7 Å². The van der Waals surface area contributed by atoms with Crippen molar-refractivity contribution in [1.29, 1.82) is 0 Å². The fraction of sp³-hybridized carbons (Fsp3) is 0.429. The highest BCUT2D eigenvalue weighted by molar-refractivity contribution is 5.34. The molecule has 21 heavy (non-hydrogen) atoms. The van der Waals surface area contributed by atoms with Crippen LogP contribution >= 0.6 is 0 Å². The van der Waals surface area contributed by atoms with E-state index in [9.17, 15) is 17.6 Å². The van der Waals surface area contributed by atoms with Crippen LogP contribution in [0.1, 0.15) is 12.0 Å². The zero-order valence-corrected chi connectivity index (χ0v) is 11.0. The average molecular weight is 305 g/mol. The molecule has 1 aliphatic rings. The van der Waals surface area contributed by atoms with Gasteiger partial charge in [-0.15, -0.1) is 13.2 Å². The molecule has 2 rings (SSSR count). The molecular weight excluding hydrogens is 290 g/mol. The van der Waals surface area contributed by atoms with Gasteiger partial charge in [-0.25, -0.2) is 4.39 Å². The summed E-state index contributed by atoms with van der Waals surface area (Å²) >= 11 is 0. The Hall–Kier alpha value is -1.60. The number of ether oxygens (including phenoxy) is 1. The molecule has 0 radical (unpaired) electrons. The molecular formula is C14H15F4NO2. The van der Waals surface area contributed by atoms with Crippen molar-refractivity contribution in [3.8, 4) is 5.75 Å². The lowest BCUT2D eigenvalue weighted by Crippen LogP contribution is -2.27. The molecule has 0 saturated heterocycles. The van der Waals surface area contributed by atoms with Crippen LogP contribution in [0, 0.1) is 11.7 Å². The van der Waals surface area contributed by atoms with E-state index < -0.39 is 17.9 Å². The minimum atomic E-state index is -4.86. The van der Waals surface area contributed by atoms with E-state index >= 15 is 0 Å². The zero-order valence-electron chi connectivity index (χ0n) is 11.0. The van der Waals surface area contributed by atoms with E-state index in [1.807, 2.05) is 12.2 Å². The molecule has 0 saturated carbocycles. The topological polar surface area (TPSA) is 41.5 Å². The molecule has 1 aliphatic carbocycles. The number of halogens is 4. The van der Waals surface area contributed by atoms with E-state index in [0.29, 0.717) is 12.5 Å². The van der Waals surface area contributed by atoms with Crippen LogP contribution in [0.25, 0.3) is 0 Å². The van der Waals surface area contributed by atoms with Crippen molar-refractivity contribution < 1.29 is 27.4 Å². The van der Waals surface area contributed by atoms with Gasteiger partial charge in [-0.3, -0.25) is 0 Å². The van der Waals surface area contributed by atoms with Gasteiger partial charge in [-0.2, -0.15) is 0 Å². The summed E-state index contributed by atoms with van der Waals surface area (Å²) in [5.41, 5.74) is 0.217. The van der Waals surface area contributed by atoms with Gasteiger partial charge >= 0.3 is 6.36 Å². The predicted molar refractivity (Wildman–Crippen MR) is 68.0 cm³/mol. The second-order valence-electron chi connectivity index (χ2n) is 4.85. The molecule has 0 aliphatic heterocycles. The van der Waals surface area contributed by atoms with E-state index in [0.717, 1.165) is 6.07 Å². The minimum Gasteiger partial charge on any atom is -0.405 e. The van der Waals surface area contributed by atoms with Crippen LogP contribution < -0.4 is 10.1 Å². The summed E-state index contributed by atoms with van der Waals surface area (Å²) in [6.07, 6.45) is -0.477. The third-order valence-electron chi connectivity index (χ3n) is 3.22. The summed E-state index contributed by atoms with van der Waals surface area (Å²) in [5, 5.41) is 12.0. The van der Waals surface area contributed by atoms with E-state index in [2.05, 4.69) is 10.1 Å². The summed E-state index contributed by atoms with van der Waals surface area (Å²) in [5.74, 6) is -1.28. The molecule has 7 heteroatoms. The van der Waals surface area contributed by atoms with Crippen molar-refractivity contribution in [1.82, 2.24) is 5.32 Å². The Balaban J connectivity index is 2.01. The first-order chi connectivity index (χ1) is 9.87. The van der Waals surface area contributed by atoms with Gasteiger partial charge in [0.05, 0.1) is 0 Å². The summed E-state index contributed by atoms with van der Waals surface area (Å²) < 4.78 is 53.7. The highest BCUT2D eigenvalue weighted by atomic mass is 19.4. The van der Waals surface area contributed by atoms with Crippen LogP contribution in [0.3, 0.4) is 0 Å². The van der Waals surface area contributed by atoms with Crippen LogP contribution in [0.5, 0.6) is 5.75 Å². The monoisotopic (exact) mass is 305 g/mol. The fourth-order valence-electron chi connectivity index (χ4n) is 2.20. The Bertz CT molecular complexity index is 516. The van der Waals surface area contributed by atoms with Crippen molar-refractivity contribution in [2.24, 2.45) is 5.92 Å². The third-order valence-corrected chi connectivity index (χ3v) is 3.22. The van der Waals surface area contributed by atoms with Gasteiger partial charge in [-0.1, -0.05) is 18.2 Å². The Kier molecular flexibility index (Phi) is 4.84. The molecule has 0 fully saturated rings. The molecule has 0 bridgehead atoms. The van der Waals surface area contributed by atoms with Gasteiger partial charge in [0.1, 0.15) is 11.6 Å². The lowest BCUT2D eigenvalue weighted by atomic mass is 10.1. The number of aliphatic hydroxyl groups excluding tert-OH is 1. The molecule has 2 N–H and O–H groups in total. The van der Waals surface area contributed by atoms with Gasteiger partial charge in [0.25, 0.3) is 0 Å². The van der Waals surface area contributed by atoms with Crippen LogP contribution in [0.4, 0.5) is 17.6 Å². The van der Waals surface area contributed by atoms with Gasteiger partial charge in [-0.05, 0) is 12.5 Å². The second kappa shape index (κ2) is 6.44. The lowest BCUT2D eigenvalue weighted by Gasteiger charge is -2.16. The van der Waals surface area contributed by atoms with Crippen LogP contribution in [0.15, 0.2) is 30.4 Å². The first-order valence-corrected chi connectivity index (χ1v) is 6.44. The molecule has 2 atom stereocenters. The molecule has 0 unspecified atom stereocenters. The quantitative estimate of drug-likeness (QED) is 0.649. The summed E-state index contributed by atoms with van der Waals surface area (Å²) in [6, 6.07) is 3.02. The normalized spacial score (nSPS) is 21.8. The fourth-order valence-corrected chi connectivity index (χ4v) is 2.20. The van der Waals surface area contributed by atoms with Gasteiger partial charge in [0, 0.05) is 36.7 Å². The maximum Gasteiger partial charge on any atom is 0.573 e. The minimum absolute atomic E-state index is 0.0354. The Morgan fingerprint density at radius 2 is 2.05 bits per heavy atom. The van der Waals surface area contributed by atoms with Crippen LogP contribution in [0.2, 0.25) is 0 Å². The highest BCUT2D eigenvalue weighted by Gasteiger charge is 2.32. The molecule has 3 nitrogen and oxygen atoms in total. The van der Waals surface area contributed by atoms with Crippen molar-refractivity contribution in [2.45, 2.75) is 25.4 Å². The van der Waals surface area contributed by atoms with Crippen molar-refractivity contribution in [3.05, 3.63) is 41.7 Å². The third kappa shape index (κ3) is 4.71. The first kappa shape index (κ1) is 15.8. The average Bonchev–Trinajstić information content (AvgIpc) is 2.84. The van der Waals surface area contributed by atoms with Gasteiger partial charge < -0.3 is 15.2 Å². The number of benzene rings is 1. The Labute approximate surface area is 119 Å². The molecule has 0 heterocycles. The van der Waals surface area contributed by atoms with E-state index in [1.54, 1.807) is 0 Å². The molecule has 0 aromatic heterocycles. The Morgan fingerprint density at radius 3 is 2.67 bits per heavy atom. The van der Waals surface area contributed by atoms with Crippen molar-refractivity contribution in [2.75, 3.05) is 6.61 Å². The highest BCUT2D eigenvalue weighted by Crippen LogP contribution is 2.27. The van der Waals surface area contributed by atoms with Crippen molar-refractivity contribution >= 4 is 0 Å². The standard InChI is InChI=1S/C14H15F4NO2/c15-11-3-2-10(13(6-11)21-14(16,17)18)7-19-12-4-1-9(5-12)8-20/h1-4,6,9,12,19-20H,5,7-8H2/t9-,12+/m0/s1. The van der Waals surface area contributed by atoms with E-state index in [4.69, 9.17) is 5.11 Å². The zero-order chi connectivity index (χ0) is 15.5. The van der Waals surface area contributed by atoms with Crippen molar-refractivity contribution in [3.63, 3.8) is 0 Å². The number of alkyl halides is 3. The number of hydrogen-bond donors (Lipinski definition) is 2. The number of nitrogens with one attached hydrogen (secondary N) is 1. The smallest absolute Gasteiger partial charge is 0.405 e. The van der Waals surface area contributed by atoms with Crippen LogP contribution in [-0.2, 0) is 6.54 Å². The largest absolute Gasteiger partial charge is 0.573 e. The number of rotatable bonds is 5. The number of aliphatic hydroxyl groups is 1. The second-order valence-corrected chi connectivity index (χ2v) is 4.85. The van der Waals surface area contributed by atoms with Gasteiger partial charge in [0.15, 0.2) is 0 Å². The maximum absolute atomic E-state index is 13.1. The number of hydrogen-bond acceptors (Lipinski definition) is 3. The summed E-state index contributed by atoms with van der Waals surface area (Å²) in [7, 11) is 0. The lowest BCUT2D eigenvalue weighted by molar-refractivity contribution is -0.275. The first-order valence-electron chi connectivity index (χ1n) is 6.44. The maximum atomic E-state index is 13.1. The predicted octanol–water partition coefficient (Wildman–Crippen LogP) is 2.75. The summed E-state index contributed by atoms with van der Waals surface area (Å²) in [6.45, 7) is 0.145. The van der Waals surface area contributed by atoms with Gasteiger partial charge in [0.2, 0.25) is 0 Å². The molecule has 1 aromatic rings. The molecule has 1 aromatic carbocycles. The molecule has 0 amide bonds. The summed E-state index contributed by atoms with van der Waals surface area (Å²) in [4.78, 5) is 0. The SMILES string of the molecule is OC[C@H]1C=C[C@@H](NCc2ccc(F)cc2OC(F)(F)F)C1. The Morgan fingerprint density at radius 1 is 1.29 bits per heavy atom. The molecule has 0 spiro atoms. The van der Waals surface area contributed by atoms with Crippen LogP contribution in [-0.4, -0.2) is 24.1 Å². The molecule has 116 valence electrons.